The molecule has 0 bridgehead atoms. The zero-order valence-electron chi connectivity index (χ0n) is 9.99. The number of aromatic nitrogens is 3. The maximum absolute atomic E-state index is 11.9. The zero-order valence-corrected chi connectivity index (χ0v) is 9.99. The van der Waals surface area contributed by atoms with Gasteiger partial charge in [0.1, 0.15) is 5.82 Å². The summed E-state index contributed by atoms with van der Waals surface area (Å²) in [7, 11) is 0. The second-order valence-corrected chi connectivity index (χ2v) is 4.60. The predicted octanol–water partition coefficient (Wildman–Crippen LogP) is 0.402. The average Bonchev–Trinajstić information content (AvgIpc) is 2.72. The van der Waals surface area contributed by atoms with Gasteiger partial charge in [-0.15, -0.1) is 5.10 Å². The fraction of sp³-hybridized carbons (Fsp3) is 0.727. The van der Waals surface area contributed by atoms with Crippen molar-refractivity contribution in [3.8, 4) is 0 Å². The molecule has 94 valence electrons. The van der Waals surface area contributed by atoms with Gasteiger partial charge in [-0.05, 0) is 25.7 Å². The first-order valence-corrected chi connectivity index (χ1v) is 6.04. The fourth-order valence-corrected chi connectivity index (χ4v) is 1.97. The smallest absolute Gasteiger partial charge is 0.291 e. The van der Waals surface area contributed by atoms with Gasteiger partial charge in [-0.2, -0.15) is 0 Å². The first-order chi connectivity index (χ1) is 8.19. The second-order valence-electron chi connectivity index (χ2n) is 4.60. The van der Waals surface area contributed by atoms with Gasteiger partial charge in [-0.3, -0.25) is 9.89 Å². The molecule has 0 atom stereocenters. The SMILES string of the molecule is CCCc1nc(C(=O)NC2(CO)CCC2)n[nH]1. The van der Waals surface area contributed by atoms with Crippen LogP contribution in [0, 0.1) is 0 Å². The number of rotatable bonds is 5. The Bertz CT molecular complexity index is 392. The number of nitrogens with zero attached hydrogens (tertiary/aromatic N) is 2. The van der Waals surface area contributed by atoms with Gasteiger partial charge in [-0.25, -0.2) is 4.98 Å². The number of hydrogen-bond acceptors (Lipinski definition) is 4. The van der Waals surface area contributed by atoms with Crippen molar-refractivity contribution in [3.63, 3.8) is 0 Å². The van der Waals surface area contributed by atoms with E-state index in [1.807, 2.05) is 6.92 Å². The highest BCUT2D eigenvalue weighted by Gasteiger charge is 2.38. The fourth-order valence-electron chi connectivity index (χ4n) is 1.97. The molecule has 2 rings (SSSR count). The van der Waals surface area contributed by atoms with Crippen molar-refractivity contribution < 1.29 is 9.90 Å². The molecule has 1 heterocycles. The van der Waals surface area contributed by atoms with Crippen molar-refractivity contribution in [3.05, 3.63) is 11.6 Å². The monoisotopic (exact) mass is 238 g/mol. The minimum absolute atomic E-state index is 0.0228. The van der Waals surface area contributed by atoms with Crippen LogP contribution >= 0.6 is 0 Å². The van der Waals surface area contributed by atoms with Crippen LogP contribution in [0.2, 0.25) is 0 Å². The van der Waals surface area contributed by atoms with Gasteiger partial charge in [0.25, 0.3) is 5.91 Å². The van der Waals surface area contributed by atoms with E-state index in [9.17, 15) is 9.90 Å². The van der Waals surface area contributed by atoms with Crippen LogP contribution in [0.3, 0.4) is 0 Å². The number of aromatic amines is 1. The van der Waals surface area contributed by atoms with E-state index >= 15 is 0 Å². The molecule has 1 saturated carbocycles. The van der Waals surface area contributed by atoms with Crippen LogP contribution in [0.4, 0.5) is 0 Å². The van der Waals surface area contributed by atoms with E-state index < -0.39 is 5.54 Å². The molecule has 1 aliphatic rings. The molecule has 0 saturated heterocycles. The lowest BCUT2D eigenvalue weighted by Crippen LogP contribution is -2.56. The molecule has 1 amide bonds. The summed E-state index contributed by atoms with van der Waals surface area (Å²) >= 11 is 0. The van der Waals surface area contributed by atoms with Crippen LogP contribution in [0.1, 0.15) is 49.1 Å². The molecule has 0 aliphatic heterocycles. The topological polar surface area (TPSA) is 90.9 Å². The van der Waals surface area contributed by atoms with E-state index in [1.54, 1.807) is 0 Å². The normalized spacial score (nSPS) is 17.5. The highest BCUT2D eigenvalue weighted by Crippen LogP contribution is 2.31. The highest BCUT2D eigenvalue weighted by atomic mass is 16.3. The largest absolute Gasteiger partial charge is 0.394 e. The number of H-pyrrole nitrogens is 1. The zero-order chi connectivity index (χ0) is 12.3. The molecule has 1 aromatic heterocycles. The molecule has 17 heavy (non-hydrogen) atoms. The number of carbonyl (C=O) groups is 1. The van der Waals surface area contributed by atoms with Gasteiger partial charge >= 0.3 is 0 Å². The first kappa shape index (κ1) is 12.0. The van der Waals surface area contributed by atoms with Crippen LogP contribution in [-0.2, 0) is 6.42 Å². The second kappa shape index (κ2) is 4.83. The minimum atomic E-state index is -0.442. The number of aryl methyl sites for hydroxylation is 1. The van der Waals surface area contributed by atoms with E-state index in [2.05, 4.69) is 20.5 Å². The van der Waals surface area contributed by atoms with E-state index in [4.69, 9.17) is 0 Å². The molecule has 3 N–H and O–H groups in total. The lowest BCUT2D eigenvalue weighted by Gasteiger charge is -2.40. The van der Waals surface area contributed by atoms with E-state index in [0.717, 1.165) is 37.9 Å². The molecule has 0 aromatic carbocycles. The molecule has 0 unspecified atom stereocenters. The molecular weight excluding hydrogens is 220 g/mol. The summed E-state index contributed by atoms with van der Waals surface area (Å²) < 4.78 is 0. The molecule has 1 fully saturated rings. The van der Waals surface area contributed by atoms with Crippen molar-refractivity contribution in [1.29, 1.82) is 0 Å². The number of hydrogen-bond donors (Lipinski definition) is 3. The lowest BCUT2D eigenvalue weighted by molar-refractivity contribution is 0.0633. The van der Waals surface area contributed by atoms with Crippen LogP contribution in [0.5, 0.6) is 0 Å². The van der Waals surface area contributed by atoms with E-state index in [1.165, 1.54) is 0 Å². The maximum atomic E-state index is 11.9. The van der Waals surface area contributed by atoms with Crippen LogP contribution in [0.25, 0.3) is 0 Å². The van der Waals surface area contributed by atoms with Gasteiger partial charge in [0.15, 0.2) is 0 Å². The van der Waals surface area contributed by atoms with Crippen molar-refractivity contribution in [2.75, 3.05) is 6.61 Å². The standard InChI is InChI=1S/C11H18N4O2/c1-2-4-8-12-9(15-14-8)10(17)13-11(7-16)5-3-6-11/h16H,2-7H2,1H3,(H,13,17)(H,12,14,15). The highest BCUT2D eigenvalue weighted by molar-refractivity contribution is 5.91. The average molecular weight is 238 g/mol. The van der Waals surface area contributed by atoms with Crippen LogP contribution in [-0.4, -0.2) is 38.3 Å². The van der Waals surface area contributed by atoms with Gasteiger partial charge in [0, 0.05) is 6.42 Å². The summed E-state index contributed by atoms with van der Waals surface area (Å²) in [6, 6.07) is 0. The van der Waals surface area contributed by atoms with Crippen molar-refractivity contribution in [1.82, 2.24) is 20.5 Å². The Morgan fingerprint density at radius 1 is 1.59 bits per heavy atom. The molecule has 0 spiro atoms. The summed E-state index contributed by atoms with van der Waals surface area (Å²) in [5.41, 5.74) is -0.442. The molecule has 1 aromatic rings. The van der Waals surface area contributed by atoms with Crippen molar-refractivity contribution in [2.45, 2.75) is 44.6 Å². The van der Waals surface area contributed by atoms with Crippen molar-refractivity contribution >= 4 is 5.91 Å². The number of aliphatic hydroxyl groups excluding tert-OH is 1. The van der Waals surface area contributed by atoms with Crippen LogP contribution in [0.15, 0.2) is 0 Å². The summed E-state index contributed by atoms with van der Waals surface area (Å²) in [6.07, 6.45) is 4.42. The Hall–Kier alpha value is -1.43. The molecular formula is C11H18N4O2. The Morgan fingerprint density at radius 2 is 2.35 bits per heavy atom. The minimum Gasteiger partial charge on any atom is -0.394 e. The van der Waals surface area contributed by atoms with Gasteiger partial charge < -0.3 is 10.4 Å². The van der Waals surface area contributed by atoms with Gasteiger partial charge in [-0.1, -0.05) is 6.92 Å². The quantitative estimate of drug-likeness (QED) is 0.692. The molecule has 6 heteroatoms. The predicted molar refractivity (Wildman–Crippen MR) is 61.5 cm³/mol. The summed E-state index contributed by atoms with van der Waals surface area (Å²) in [6.45, 7) is 2.02. The first-order valence-electron chi connectivity index (χ1n) is 6.04. The van der Waals surface area contributed by atoms with E-state index in [0.29, 0.717) is 0 Å². The van der Waals surface area contributed by atoms with Crippen molar-refractivity contribution in [2.24, 2.45) is 0 Å². The van der Waals surface area contributed by atoms with Crippen LogP contribution < -0.4 is 5.32 Å². The maximum Gasteiger partial charge on any atom is 0.291 e. The Balaban J connectivity index is 1.99. The van der Waals surface area contributed by atoms with Gasteiger partial charge in [0.05, 0.1) is 12.1 Å². The molecule has 6 nitrogen and oxygen atoms in total. The summed E-state index contributed by atoms with van der Waals surface area (Å²) in [4.78, 5) is 16.0. The number of nitrogens with one attached hydrogen (secondary N) is 2. The third-order valence-electron chi connectivity index (χ3n) is 3.21. The number of carbonyl (C=O) groups excluding carboxylic acids is 1. The summed E-state index contributed by atoms with van der Waals surface area (Å²) in [5.74, 6) is 0.579. The number of aliphatic hydroxyl groups is 1. The Kier molecular flexibility index (Phi) is 3.42. The lowest BCUT2D eigenvalue weighted by atomic mass is 9.77. The number of amides is 1. The third-order valence-corrected chi connectivity index (χ3v) is 3.21. The summed E-state index contributed by atoms with van der Waals surface area (Å²) in [5, 5.41) is 18.7. The molecule has 1 aliphatic carbocycles. The third kappa shape index (κ3) is 2.46. The molecule has 0 radical (unpaired) electrons. The van der Waals surface area contributed by atoms with Gasteiger partial charge in [0.2, 0.25) is 5.82 Å². The Labute approximate surface area is 99.8 Å². The Morgan fingerprint density at radius 3 is 2.88 bits per heavy atom. The van der Waals surface area contributed by atoms with E-state index in [-0.39, 0.29) is 18.3 Å².